The summed E-state index contributed by atoms with van der Waals surface area (Å²) in [5.41, 5.74) is 2.19. The van der Waals surface area contributed by atoms with Gasteiger partial charge in [0.25, 0.3) is 0 Å². The maximum Gasteiger partial charge on any atom is 0.0957 e. The fraction of sp³-hybridized carbons (Fsp3) is 0.333. The molecule has 1 heteroatoms. The minimum absolute atomic E-state index is 0.508. The van der Waals surface area contributed by atoms with Crippen LogP contribution >= 0.6 is 0 Å². The van der Waals surface area contributed by atoms with Gasteiger partial charge in [0.1, 0.15) is 0 Å². The summed E-state index contributed by atoms with van der Waals surface area (Å²) < 4.78 is 0. The molecule has 0 aliphatic heterocycles. The maximum absolute atomic E-state index is 9.65. The molecule has 0 spiro atoms. The fourth-order valence-electron chi connectivity index (χ4n) is 1.43. The summed E-state index contributed by atoms with van der Waals surface area (Å²) in [5.74, 6) is 0.508. The van der Waals surface area contributed by atoms with Crippen LogP contribution in [0.4, 0.5) is 0 Å². The molecule has 0 bridgehead atoms. The zero-order valence-corrected chi connectivity index (χ0v) is 8.25. The number of allylic oxidation sites excluding steroid dienone is 2. The maximum atomic E-state index is 9.65. The van der Waals surface area contributed by atoms with Gasteiger partial charge in [0.05, 0.1) is 5.76 Å². The Hall–Kier alpha value is -1.24. The van der Waals surface area contributed by atoms with Crippen molar-refractivity contribution >= 4 is 5.57 Å². The smallest absolute Gasteiger partial charge is 0.0957 e. The number of hydrogen-bond donors (Lipinski definition) is 1. The molecule has 0 heterocycles. The molecule has 1 rings (SSSR count). The minimum Gasteiger partial charge on any atom is -0.512 e. The molecule has 13 heavy (non-hydrogen) atoms. The average Bonchev–Trinajstić information content (AvgIpc) is 2.20. The van der Waals surface area contributed by atoms with E-state index in [-0.39, 0.29) is 0 Å². The first-order valence-electron chi connectivity index (χ1n) is 4.76. The normalized spacial score (nSPS) is 12.5. The van der Waals surface area contributed by atoms with Gasteiger partial charge >= 0.3 is 0 Å². The van der Waals surface area contributed by atoms with E-state index in [1.807, 2.05) is 37.3 Å². The summed E-state index contributed by atoms with van der Waals surface area (Å²) in [6.45, 7) is 4.03. The number of benzene rings is 1. The lowest BCUT2D eigenvalue weighted by atomic mass is 10.0. The van der Waals surface area contributed by atoms with E-state index in [1.54, 1.807) is 0 Å². The molecule has 0 aromatic heterocycles. The van der Waals surface area contributed by atoms with Gasteiger partial charge in [0, 0.05) is 6.42 Å². The second-order valence-electron chi connectivity index (χ2n) is 3.00. The van der Waals surface area contributed by atoms with Crippen LogP contribution in [0.15, 0.2) is 36.1 Å². The van der Waals surface area contributed by atoms with Gasteiger partial charge in [0.15, 0.2) is 0 Å². The molecule has 1 aromatic rings. The second-order valence-corrected chi connectivity index (χ2v) is 3.00. The van der Waals surface area contributed by atoms with E-state index >= 15 is 0 Å². The van der Waals surface area contributed by atoms with E-state index in [0.29, 0.717) is 12.2 Å². The fourth-order valence-corrected chi connectivity index (χ4v) is 1.43. The first-order valence-corrected chi connectivity index (χ1v) is 4.76. The van der Waals surface area contributed by atoms with Crippen LogP contribution in [0, 0.1) is 0 Å². The first-order chi connectivity index (χ1) is 6.29. The lowest BCUT2D eigenvalue weighted by Crippen LogP contribution is -1.89. The van der Waals surface area contributed by atoms with Crippen LogP contribution in [0.3, 0.4) is 0 Å². The highest BCUT2D eigenvalue weighted by molar-refractivity contribution is 5.66. The number of rotatable bonds is 3. The number of aliphatic hydroxyl groups excluding tert-OH is 1. The van der Waals surface area contributed by atoms with Crippen molar-refractivity contribution in [2.45, 2.75) is 26.7 Å². The van der Waals surface area contributed by atoms with Crippen LogP contribution in [-0.4, -0.2) is 5.11 Å². The van der Waals surface area contributed by atoms with Crippen molar-refractivity contribution in [2.75, 3.05) is 0 Å². The Bertz CT molecular complexity index is 285. The molecule has 0 fully saturated rings. The van der Waals surface area contributed by atoms with Gasteiger partial charge in [-0.05, 0) is 17.6 Å². The molecule has 0 aliphatic rings. The van der Waals surface area contributed by atoms with Crippen LogP contribution in [0.25, 0.3) is 5.57 Å². The van der Waals surface area contributed by atoms with E-state index in [1.165, 1.54) is 0 Å². The van der Waals surface area contributed by atoms with Crippen LogP contribution in [0.5, 0.6) is 0 Å². The highest BCUT2D eigenvalue weighted by Gasteiger charge is 2.03. The quantitative estimate of drug-likeness (QED) is 0.695. The van der Waals surface area contributed by atoms with E-state index < -0.39 is 0 Å². The largest absolute Gasteiger partial charge is 0.512 e. The van der Waals surface area contributed by atoms with Crippen molar-refractivity contribution in [3.8, 4) is 0 Å². The predicted octanol–water partition coefficient (Wildman–Crippen LogP) is 3.78. The lowest BCUT2D eigenvalue weighted by Gasteiger charge is -2.07. The molecule has 0 amide bonds. The molecule has 0 atom stereocenters. The third kappa shape index (κ3) is 2.35. The topological polar surface area (TPSA) is 20.2 Å². The van der Waals surface area contributed by atoms with E-state index in [0.717, 1.165) is 17.6 Å². The molecule has 0 aliphatic carbocycles. The molecule has 0 radical (unpaired) electrons. The molecule has 1 aromatic carbocycles. The zero-order chi connectivity index (χ0) is 9.68. The molecule has 0 saturated carbocycles. The van der Waals surface area contributed by atoms with Crippen molar-refractivity contribution in [3.05, 3.63) is 41.7 Å². The van der Waals surface area contributed by atoms with Crippen molar-refractivity contribution in [1.82, 2.24) is 0 Å². The Balaban J connectivity index is 3.05. The van der Waals surface area contributed by atoms with Gasteiger partial charge < -0.3 is 5.11 Å². The Morgan fingerprint density at radius 3 is 2.15 bits per heavy atom. The third-order valence-corrected chi connectivity index (χ3v) is 2.16. The molecule has 1 nitrogen and oxygen atoms in total. The van der Waals surface area contributed by atoms with Crippen LogP contribution in [0.1, 0.15) is 32.3 Å². The monoisotopic (exact) mass is 176 g/mol. The second kappa shape index (κ2) is 4.70. The van der Waals surface area contributed by atoms with E-state index in [4.69, 9.17) is 0 Å². The third-order valence-electron chi connectivity index (χ3n) is 2.16. The molecule has 0 unspecified atom stereocenters. The summed E-state index contributed by atoms with van der Waals surface area (Å²) in [4.78, 5) is 0. The van der Waals surface area contributed by atoms with Crippen molar-refractivity contribution in [1.29, 1.82) is 0 Å². The lowest BCUT2D eigenvalue weighted by molar-refractivity contribution is 0.396. The number of aliphatic hydroxyl groups is 1. The van der Waals surface area contributed by atoms with Crippen molar-refractivity contribution in [2.24, 2.45) is 0 Å². The Morgan fingerprint density at radius 2 is 1.69 bits per heavy atom. The Kier molecular flexibility index (Phi) is 3.56. The highest BCUT2D eigenvalue weighted by Crippen LogP contribution is 2.21. The summed E-state index contributed by atoms with van der Waals surface area (Å²) in [5, 5.41) is 9.65. The van der Waals surface area contributed by atoms with Gasteiger partial charge in [-0.3, -0.25) is 0 Å². The predicted molar refractivity (Wildman–Crippen MR) is 56.6 cm³/mol. The first kappa shape index (κ1) is 9.85. The molecule has 0 saturated heterocycles. The minimum atomic E-state index is 0.508. The van der Waals surface area contributed by atoms with Gasteiger partial charge in [0.2, 0.25) is 0 Å². The highest BCUT2D eigenvalue weighted by atomic mass is 16.3. The SMILES string of the molecule is CCC(O)=C(CC)c1ccccc1. The summed E-state index contributed by atoms with van der Waals surface area (Å²) in [6.07, 6.45) is 1.59. The molecule has 70 valence electrons. The summed E-state index contributed by atoms with van der Waals surface area (Å²) in [6, 6.07) is 10.0. The van der Waals surface area contributed by atoms with Crippen LogP contribution < -0.4 is 0 Å². The zero-order valence-electron chi connectivity index (χ0n) is 8.25. The van der Waals surface area contributed by atoms with Crippen LogP contribution in [-0.2, 0) is 0 Å². The average molecular weight is 176 g/mol. The van der Waals surface area contributed by atoms with Gasteiger partial charge in [-0.25, -0.2) is 0 Å². The Labute approximate surface area is 79.7 Å². The van der Waals surface area contributed by atoms with E-state index in [2.05, 4.69) is 6.92 Å². The Morgan fingerprint density at radius 1 is 1.08 bits per heavy atom. The van der Waals surface area contributed by atoms with Gasteiger partial charge in [-0.2, -0.15) is 0 Å². The van der Waals surface area contributed by atoms with Gasteiger partial charge in [-0.15, -0.1) is 0 Å². The molecular formula is C12H16O. The molecule has 1 N–H and O–H groups in total. The van der Waals surface area contributed by atoms with Crippen molar-refractivity contribution in [3.63, 3.8) is 0 Å². The van der Waals surface area contributed by atoms with Crippen molar-refractivity contribution < 1.29 is 5.11 Å². The summed E-state index contributed by atoms with van der Waals surface area (Å²) in [7, 11) is 0. The summed E-state index contributed by atoms with van der Waals surface area (Å²) >= 11 is 0. The van der Waals surface area contributed by atoms with Crippen LogP contribution in [0.2, 0.25) is 0 Å². The van der Waals surface area contributed by atoms with E-state index in [9.17, 15) is 5.11 Å². The number of hydrogen-bond acceptors (Lipinski definition) is 1. The van der Waals surface area contributed by atoms with Gasteiger partial charge in [-0.1, -0.05) is 44.2 Å². The standard InChI is InChI=1S/C12H16O/c1-3-11(12(13)4-2)10-8-6-5-7-9-10/h5-9,13H,3-4H2,1-2H3. The molecular weight excluding hydrogens is 160 g/mol.